The van der Waals surface area contributed by atoms with Crippen LogP contribution in [0.15, 0.2) is 6.20 Å². The highest BCUT2D eigenvalue weighted by atomic mass is 32.1. The van der Waals surface area contributed by atoms with Crippen molar-refractivity contribution in [1.82, 2.24) is 14.5 Å². The maximum Gasteiger partial charge on any atom is 0.267 e. The summed E-state index contributed by atoms with van der Waals surface area (Å²) in [7, 11) is 1.66. The van der Waals surface area contributed by atoms with Crippen molar-refractivity contribution in [2.45, 2.75) is 6.92 Å². The highest BCUT2D eigenvalue weighted by molar-refractivity contribution is 7.07. The average Bonchev–Trinajstić information content (AvgIpc) is 2.69. The fourth-order valence-electron chi connectivity index (χ4n) is 0.984. The van der Waals surface area contributed by atoms with Gasteiger partial charge in [0.05, 0.1) is 18.2 Å². The predicted octanol–water partition coefficient (Wildman–Crippen LogP) is 0.770. The maximum atomic E-state index is 11.6. The molecule has 74 valence electrons. The van der Waals surface area contributed by atoms with Gasteiger partial charge in [-0.3, -0.25) is 4.79 Å². The zero-order chi connectivity index (χ0) is 10.6. The standard InChI is InChI=1S/C8H10N4OS/c1-6(3-9)5-12(2)8(13)7-4-10-11-14-7/h4,6H,5H2,1-2H3. The van der Waals surface area contributed by atoms with Gasteiger partial charge in [0.2, 0.25) is 0 Å². The van der Waals surface area contributed by atoms with Crippen LogP contribution in [0.4, 0.5) is 0 Å². The second-order valence-corrected chi connectivity index (χ2v) is 3.78. The van der Waals surface area contributed by atoms with Gasteiger partial charge >= 0.3 is 0 Å². The molecule has 6 heteroatoms. The third-order valence-corrected chi connectivity index (χ3v) is 2.34. The first kappa shape index (κ1) is 10.6. The molecule has 1 atom stereocenters. The lowest BCUT2D eigenvalue weighted by Gasteiger charge is -2.16. The molecule has 14 heavy (non-hydrogen) atoms. The molecule has 1 aromatic rings. The van der Waals surface area contributed by atoms with Gasteiger partial charge in [0, 0.05) is 13.6 Å². The Morgan fingerprint density at radius 2 is 2.57 bits per heavy atom. The van der Waals surface area contributed by atoms with Crippen LogP contribution >= 0.6 is 11.5 Å². The van der Waals surface area contributed by atoms with Crippen LogP contribution in [0.1, 0.15) is 16.6 Å². The maximum absolute atomic E-state index is 11.6. The van der Waals surface area contributed by atoms with E-state index in [-0.39, 0.29) is 11.8 Å². The molecule has 0 aliphatic rings. The van der Waals surface area contributed by atoms with Crippen molar-refractivity contribution in [2.24, 2.45) is 5.92 Å². The van der Waals surface area contributed by atoms with Crippen LogP contribution in [-0.2, 0) is 0 Å². The summed E-state index contributed by atoms with van der Waals surface area (Å²) in [5, 5.41) is 12.2. The van der Waals surface area contributed by atoms with E-state index >= 15 is 0 Å². The lowest BCUT2D eigenvalue weighted by atomic mass is 10.2. The summed E-state index contributed by atoms with van der Waals surface area (Å²) in [6.07, 6.45) is 1.43. The molecule has 1 heterocycles. The van der Waals surface area contributed by atoms with Gasteiger partial charge in [-0.15, -0.1) is 5.10 Å². The fourth-order valence-corrected chi connectivity index (χ4v) is 1.49. The van der Waals surface area contributed by atoms with Crippen LogP contribution in [0, 0.1) is 17.2 Å². The highest BCUT2D eigenvalue weighted by Gasteiger charge is 2.15. The van der Waals surface area contributed by atoms with Crippen LogP contribution in [0.3, 0.4) is 0 Å². The minimum atomic E-state index is -0.162. The van der Waals surface area contributed by atoms with Crippen molar-refractivity contribution >= 4 is 17.4 Å². The van der Waals surface area contributed by atoms with Crippen molar-refractivity contribution in [3.63, 3.8) is 0 Å². The van der Waals surface area contributed by atoms with Gasteiger partial charge in [0.1, 0.15) is 4.88 Å². The molecule has 0 aliphatic carbocycles. The minimum Gasteiger partial charge on any atom is -0.340 e. The summed E-state index contributed by atoms with van der Waals surface area (Å²) in [5.74, 6) is -0.299. The highest BCUT2D eigenvalue weighted by Crippen LogP contribution is 2.07. The van der Waals surface area contributed by atoms with E-state index < -0.39 is 0 Å². The summed E-state index contributed by atoms with van der Waals surface area (Å²) >= 11 is 1.06. The van der Waals surface area contributed by atoms with Gasteiger partial charge in [0.15, 0.2) is 0 Å². The molecule has 0 radical (unpaired) electrons. The first-order valence-electron chi connectivity index (χ1n) is 4.07. The average molecular weight is 210 g/mol. The third kappa shape index (κ3) is 2.50. The van der Waals surface area contributed by atoms with Crippen molar-refractivity contribution in [3.8, 4) is 6.07 Å². The molecule has 1 unspecified atom stereocenters. The second kappa shape index (κ2) is 4.67. The number of carbonyl (C=O) groups is 1. The molecular formula is C8H10N4OS. The molecule has 0 aliphatic heterocycles. The van der Waals surface area contributed by atoms with Crippen LogP contribution in [0.25, 0.3) is 0 Å². The number of nitrogens with zero attached hydrogens (tertiary/aromatic N) is 4. The zero-order valence-corrected chi connectivity index (χ0v) is 8.78. The summed E-state index contributed by atoms with van der Waals surface area (Å²) in [6.45, 7) is 2.20. The van der Waals surface area contributed by atoms with Crippen LogP contribution in [0.5, 0.6) is 0 Å². The molecule has 1 aromatic heterocycles. The monoisotopic (exact) mass is 210 g/mol. The molecular weight excluding hydrogens is 200 g/mol. The zero-order valence-electron chi connectivity index (χ0n) is 7.97. The molecule has 0 fully saturated rings. The number of carbonyl (C=O) groups excluding carboxylic acids is 1. The number of hydrogen-bond acceptors (Lipinski definition) is 5. The van der Waals surface area contributed by atoms with Crippen molar-refractivity contribution in [3.05, 3.63) is 11.1 Å². The normalized spacial score (nSPS) is 11.8. The Labute approximate surface area is 86.1 Å². The van der Waals surface area contributed by atoms with Crippen molar-refractivity contribution < 1.29 is 4.79 Å². The van der Waals surface area contributed by atoms with Crippen molar-refractivity contribution in [2.75, 3.05) is 13.6 Å². The Bertz CT molecular complexity index is 343. The Morgan fingerprint density at radius 1 is 1.86 bits per heavy atom. The van der Waals surface area contributed by atoms with E-state index in [4.69, 9.17) is 5.26 Å². The Morgan fingerprint density at radius 3 is 3.07 bits per heavy atom. The van der Waals surface area contributed by atoms with Gasteiger partial charge in [0.25, 0.3) is 5.91 Å². The lowest BCUT2D eigenvalue weighted by molar-refractivity contribution is 0.0789. The SMILES string of the molecule is CC(C#N)CN(C)C(=O)c1cnns1. The predicted molar refractivity (Wildman–Crippen MR) is 51.6 cm³/mol. The molecule has 5 nitrogen and oxygen atoms in total. The van der Waals surface area contributed by atoms with Crippen LogP contribution in [-0.4, -0.2) is 34.0 Å². The Kier molecular flexibility index (Phi) is 3.54. The molecule has 0 N–H and O–H groups in total. The molecule has 0 saturated heterocycles. The Balaban J connectivity index is 2.59. The van der Waals surface area contributed by atoms with Gasteiger partial charge in [-0.25, -0.2) is 0 Å². The fraction of sp³-hybridized carbons (Fsp3) is 0.500. The number of nitriles is 1. The first-order chi connectivity index (χ1) is 6.65. The van der Waals surface area contributed by atoms with E-state index in [1.54, 1.807) is 14.0 Å². The van der Waals surface area contributed by atoms with Gasteiger partial charge < -0.3 is 4.90 Å². The largest absolute Gasteiger partial charge is 0.340 e. The first-order valence-corrected chi connectivity index (χ1v) is 4.85. The lowest BCUT2D eigenvalue weighted by Crippen LogP contribution is -2.30. The van der Waals surface area contributed by atoms with Crippen LogP contribution in [0.2, 0.25) is 0 Å². The number of rotatable bonds is 3. The third-order valence-electron chi connectivity index (χ3n) is 1.69. The van der Waals surface area contributed by atoms with Gasteiger partial charge in [-0.2, -0.15) is 5.26 Å². The molecule has 0 aromatic carbocycles. The van der Waals surface area contributed by atoms with E-state index in [2.05, 4.69) is 15.7 Å². The smallest absolute Gasteiger partial charge is 0.267 e. The minimum absolute atomic E-state index is 0.137. The van der Waals surface area contributed by atoms with E-state index in [9.17, 15) is 4.79 Å². The molecule has 0 bridgehead atoms. The molecule has 0 spiro atoms. The summed E-state index contributed by atoms with van der Waals surface area (Å²) in [4.78, 5) is 13.6. The van der Waals surface area contributed by atoms with E-state index in [0.29, 0.717) is 11.4 Å². The van der Waals surface area contributed by atoms with Crippen molar-refractivity contribution in [1.29, 1.82) is 5.26 Å². The van der Waals surface area contributed by atoms with Crippen LogP contribution < -0.4 is 0 Å². The number of amides is 1. The van der Waals surface area contributed by atoms with E-state index in [1.807, 2.05) is 0 Å². The molecule has 0 saturated carbocycles. The van der Waals surface area contributed by atoms with Gasteiger partial charge in [-0.05, 0) is 18.5 Å². The van der Waals surface area contributed by atoms with E-state index in [0.717, 1.165) is 11.5 Å². The quantitative estimate of drug-likeness (QED) is 0.738. The molecule has 1 amide bonds. The summed E-state index contributed by atoms with van der Waals surface area (Å²) < 4.78 is 3.60. The van der Waals surface area contributed by atoms with Gasteiger partial charge in [-0.1, -0.05) is 4.49 Å². The summed E-state index contributed by atoms with van der Waals surface area (Å²) in [6, 6.07) is 2.07. The second-order valence-electron chi connectivity index (χ2n) is 3.00. The topological polar surface area (TPSA) is 69.9 Å². The molecule has 1 rings (SSSR count). The van der Waals surface area contributed by atoms with E-state index in [1.165, 1.54) is 11.1 Å². The summed E-state index contributed by atoms with van der Waals surface area (Å²) in [5.41, 5.74) is 0. The number of aromatic nitrogens is 2. The Hall–Kier alpha value is -1.48. The number of hydrogen-bond donors (Lipinski definition) is 0.